The lowest BCUT2D eigenvalue weighted by atomic mass is 10.2. The number of rotatable bonds is 3. The third-order valence-corrected chi connectivity index (χ3v) is 2.22. The highest BCUT2D eigenvalue weighted by molar-refractivity contribution is 5.92. The summed E-state index contributed by atoms with van der Waals surface area (Å²) in [7, 11) is 0. The Labute approximate surface area is 97.3 Å². The molecule has 1 N–H and O–H groups in total. The summed E-state index contributed by atoms with van der Waals surface area (Å²) in [5.74, 6) is -1.25. The summed E-state index contributed by atoms with van der Waals surface area (Å²) in [6.45, 7) is -0.0601. The number of ether oxygens (including phenoxy) is 2. The minimum atomic E-state index is -0.653. The first-order chi connectivity index (χ1) is 8.16. The molecular formula is C12H10O5. The number of benzene rings is 1. The quantitative estimate of drug-likeness (QED) is 0.791. The number of para-hydroxylation sites is 1. The lowest BCUT2D eigenvalue weighted by Gasteiger charge is -2.09. The topological polar surface area (TPSA) is 72.8 Å². The van der Waals surface area contributed by atoms with E-state index in [0.717, 1.165) is 0 Å². The molecular weight excluding hydrogens is 224 g/mol. The number of hydrogen-bond donors (Lipinski definition) is 1. The Morgan fingerprint density at radius 3 is 2.82 bits per heavy atom. The van der Waals surface area contributed by atoms with E-state index in [-0.39, 0.29) is 17.9 Å². The van der Waals surface area contributed by atoms with Crippen LogP contribution in [0.1, 0.15) is 10.4 Å². The second-order valence-electron chi connectivity index (χ2n) is 3.45. The fraction of sp³-hybridized carbons (Fsp3) is 0.167. The fourth-order valence-corrected chi connectivity index (χ4v) is 1.39. The Kier molecular flexibility index (Phi) is 3.09. The van der Waals surface area contributed by atoms with Gasteiger partial charge in [-0.05, 0) is 18.2 Å². The average molecular weight is 234 g/mol. The molecule has 0 aromatic heterocycles. The molecule has 1 aliphatic rings. The first-order valence-electron chi connectivity index (χ1n) is 5.01. The summed E-state index contributed by atoms with van der Waals surface area (Å²) in [6.07, 6.45) is 2.25. The summed E-state index contributed by atoms with van der Waals surface area (Å²) in [5.41, 5.74) is 0.0841. The van der Waals surface area contributed by atoms with Gasteiger partial charge in [-0.2, -0.15) is 0 Å². The average Bonchev–Trinajstić information content (AvgIpc) is 2.73. The Hall–Kier alpha value is -2.30. The van der Waals surface area contributed by atoms with Crippen LogP contribution in [0.4, 0.5) is 0 Å². The lowest BCUT2D eigenvalue weighted by molar-refractivity contribution is -0.140. The molecule has 0 bridgehead atoms. The van der Waals surface area contributed by atoms with Crippen molar-refractivity contribution >= 4 is 11.9 Å². The maximum atomic E-state index is 11.6. The van der Waals surface area contributed by atoms with Gasteiger partial charge in [0, 0.05) is 6.08 Å². The highest BCUT2D eigenvalue weighted by Gasteiger charge is 2.19. The number of carbonyl (C=O) groups excluding carboxylic acids is 2. The molecule has 0 amide bonds. The van der Waals surface area contributed by atoms with Gasteiger partial charge < -0.3 is 14.6 Å². The van der Waals surface area contributed by atoms with Gasteiger partial charge in [0.25, 0.3) is 0 Å². The standard InChI is InChI=1S/C12H10O5/c13-10-4-2-1-3-9(10)12(15)16-7-8-5-6-11(14)17-8/h1-6,8,13H,7H2. The van der Waals surface area contributed by atoms with Crippen molar-refractivity contribution in [3.8, 4) is 5.75 Å². The van der Waals surface area contributed by atoms with E-state index < -0.39 is 18.0 Å². The van der Waals surface area contributed by atoms with E-state index >= 15 is 0 Å². The zero-order chi connectivity index (χ0) is 12.3. The number of phenols is 1. The van der Waals surface area contributed by atoms with Gasteiger partial charge in [-0.25, -0.2) is 9.59 Å². The van der Waals surface area contributed by atoms with Crippen molar-refractivity contribution in [2.45, 2.75) is 6.10 Å². The lowest BCUT2D eigenvalue weighted by Crippen LogP contribution is -2.18. The number of aromatic hydroxyl groups is 1. The van der Waals surface area contributed by atoms with Gasteiger partial charge in [0.05, 0.1) is 0 Å². The zero-order valence-corrected chi connectivity index (χ0v) is 8.83. The number of cyclic esters (lactones) is 1. The van der Waals surface area contributed by atoms with E-state index in [4.69, 9.17) is 9.47 Å². The predicted molar refractivity (Wildman–Crippen MR) is 57.4 cm³/mol. The molecule has 17 heavy (non-hydrogen) atoms. The minimum absolute atomic E-state index is 0.0601. The zero-order valence-electron chi connectivity index (χ0n) is 8.83. The Morgan fingerprint density at radius 1 is 1.41 bits per heavy atom. The van der Waals surface area contributed by atoms with E-state index in [0.29, 0.717) is 0 Å². The Bertz CT molecular complexity index is 478. The summed E-state index contributed by atoms with van der Waals surface area (Å²) >= 11 is 0. The molecule has 1 heterocycles. The molecule has 1 aromatic carbocycles. The van der Waals surface area contributed by atoms with Crippen LogP contribution in [0.3, 0.4) is 0 Å². The molecule has 88 valence electrons. The first-order valence-corrected chi connectivity index (χ1v) is 5.01. The number of phenolic OH excluding ortho intramolecular Hbond substituents is 1. The maximum absolute atomic E-state index is 11.6. The maximum Gasteiger partial charge on any atom is 0.342 e. The van der Waals surface area contributed by atoms with Gasteiger partial charge in [0.2, 0.25) is 0 Å². The molecule has 0 radical (unpaired) electrons. The Morgan fingerprint density at radius 2 is 2.18 bits per heavy atom. The first kappa shape index (κ1) is 11.2. The molecule has 5 heteroatoms. The summed E-state index contributed by atoms with van der Waals surface area (Å²) in [5, 5.41) is 9.41. The SMILES string of the molecule is O=C1C=CC(COC(=O)c2ccccc2O)O1. The van der Waals surface area contributed by atoms with Crippen LogP contribution in [-0.2, 0) is 14.3 Å². The second-order valence-corrected chi connectivity index (χ2v) is 3.45. The number of carbonyl (C=O) groups is 2. The Balaban J connectivity index is 1.92. The molecule has 1 unspecified atom stereocenters. The van der Waals surface area contributed by atoms with Gasteiger partial charge in [0.15, 0.2) is 6.10 Å². The summed E-state index contributed by atoms with van der Waals surface area (Å²) in [6, 6.07) is 6.07. The van der Waals surface area contributed by atoms with Gasteiger partial charge in [-0.1, -0.05) is 12.1 Å². The van der Waals surface area contributed by atoms with Crippen molar-refractivity contribution in [3.05, 3.63) is 42.0 Å². The van der Waals surface area contributed by atoms with Gasteiger partial charge in [0.1, 0.15) is 17.9 Å². The van der Waals surface area contributed by atoms with Gasteiger partial charge >= 0.3 is 11.9 Å². The second kappa shape index (κ2) is 4.69. The van der Waals surface area contributed by atoms with Crippen LogP contribution in [0.15, 0.2) is 36.4 Å². The molecule has 0 aliphatic carbocycles. The molecule has 0 saturated heterocycles. The monoisotopic (exact) mass is 234 g/mol. The van der Waals surface area contributed by atoms with Crippen molar-refractivity contribution in [1.29, 1.82) is 0 Å². The third-order valence-electron chi connectivity index (χ3n) is 2.22. The normalized spacial score (nSPS) is 17.9. The highest BCUT2D eigenvalue weighted by Crippen LogP contribution is 2.17. The van der Waals surface area contributed by atoms with Crippen LogP contribution < -0.4 is 0 Å². The minimum Gasteiger partial charge on any atom is -0.507 e. The molecule has 0 spiro atoms. The van der Waals surface area contributed by atoms with Crippen molar-refractivity contribution in [1.82, 2.24) is 0 Å². The number of hydrogen-bond acceptors (Lipinski definition) is 5. The summed E-state index contributed by atoms with van der Waals surface area (Å²) in [4.78, 5) is 22.3. The summed E-state index contributed by atoms with van der Waals surface area (Å²) < 4.78 is 9.70. The third kappa shape index (κ3) is 2.63. The van der Waals surface area contributed by atoms with Crippen molar-refractivity contribution in [2.24, 2.45) is 0 Å². The van der Waals surface area contributed by atoms with E-state index in [1.807, 2.05) is 0 Å². The molecule has 1 atom stereocenters. The van der Waals surface area contributed by atoms with Crippen LogP contribution in [-0.4, -0.2) is 29.8 Å². The van der Waals surface area contributed by atoms with Crippen LogP contribution in [0, 0.1) is 0 Å². The molecule has 2 rings (SSSR count). The van der Waals surface area contributed by atoms with E-state index in [1.165, 1.54) is 24.3 Å². The van der Waals surface area contributed by atoms with Gasteiger partial charge in [-0.15, -0.1) is 0 Å². The molecule has 5 nitrogen and oxygen atoms in total. The van der Waals surface area contributed by atoms with Crippen molar-refractivity contribution in [3.63, 3.8) is 0 Å². The smallest absolute Gasteiger partial charge is 0.342 e. The van der Waals surface area contributed by atoms with Crippen LogP contribution in [0.2, 0.25) is 0 Å². The molecule has 1 aliphatic heterocycles. The molecule has 0 fully saturated rings. The number of esters is 2. The van der Waals surface area contributed by atoms with E-state index in [2.05, 4.69) is 0 Å². The largest absolute Gasteiger partial charge is 0.507 e. The van der Waals surface area contributed by atoms with Gasteiger partial charge in [-0.3, -0.25) is 0 Å². The highest BCUT2D eigenvalue weighted by atomic mass is 16.6. The van der Waals surface area contributed by atoms with E-state index in [9.17, 15) is 14.7 Å². The van der Waals surface area contributed by atoms with Crippen LogP contribution >= 0.6 is 0 Å². The van der Waals surface area contributed by atoms with Crippen molar-refractivity contribution < 1.29 is 24.2 Å². The van der Waals surface area contributed by atoms with Crippen molar-refractivity contribution in [2.75, 3.05) is 6.61 Å². The predicted octanol–water partition coefficient (Wildman–Crippen LogP) is 1.03. The van der Waals surface area contributed by atoms with Crippen LogP contribution in [0.25, 0.3) is 0 Å². The fourth-order valence-electron chi connectivity index (χ4n) is 1.39. The van der Waals surface area contributed by atoms with E-state index in [1.54, 1.807) is 12.1 Å². The molecule has 0 saturated carbocycles. The van der Waals surface area contributed by atoms with Crippen LogP contribution in [0.5, 0.6) is 5.75 Å². The molecule has 1 aromatic rings.